The maximum Gasteiger partial charge on any atom is 0.317 e. The fraction of sp³-hybridized carbons (Fsp3) is 0.333. The highest BCUT2D eigenvalue weighted by Gasteiger charge is 2.20. The van der Waals surface area contributed by atoms with Gasteiger partial charge >= 0.3 is 6.03 Å². The van der Waals surface area contributed by atoms with Crippen molar-refractivity contribution in [2.45, 2.75) is 0 Å². The van der Waals surface area contributed by atoms with Gasteiger partial charge in [0, 0.05) is 44.3 Å². The van der Waals surface area contributed by atoms with E-state index in [4.69, 9.17) is 4.74 Å². The number of rotatable bonds is 5. The number of nitrogens with one attached hydrogen (secondary N) is 1. The number of amides is 2. The molecule has 6 heteroatoms. The standard InChI is InChI=1S/C18H22N4O2/c23-18(20-10-15-24-17-4-2-1-3-5-17)22-13-11-21(12-14-22)16-6-8-19-9-7-16/h1-9H,10-15H2,(H,20,23). The topological polar surface area (TPSA) is 57.7 Å². The zero-order valence-electron chi connectivity index (χ0n) is 13.6. The summed E-state index contributed by atoms with van der Waals surface area (Å²) in [5.41, 5.74) is 1.15. The van der Waals surface area contributed by atoms with Crippen LogP contribution in [0.2, 0.25) is 0 Å². The van der Waals surface area contributed by atoms with E-state index in [1.165, 1.54) is 0 Å². The van der Waals surface area contributed by atoms with Crippen LogP contribution in [0.15, 0.2) is 54.9 Å². The number of hydrogen-bond acceptors (Lipinski definition) is 4. The lowest BCUT2D eigenvalue weighted by molar-refractivity contribution is 0.191. The van der Waals surface area contributed by atoms with Crippen LogP contribution < -0.4 is 15.0 Å². The second-order valence-electron chi connectivity index (χ2n) is 5.57. The summed E-state index contributed by atoms with van der Waals surface area (Å²) in [6.45, 7) is 4.06. The Bertz CT molecular complexity index is 628. The highest BCUT2D eigenvalue weighted by Crippen LogP contribution is 2.14. The molecule has 2 aromatic rings. The van der Waals surface area contributed by atoms with Gasteiger partial charge in [-0.3, -0.25) is 4.98 Å². The molecule has 1 aliphatic rings. The predicted octanol–water partition coefficient (Wildman–Crippen LogP) is 1.99. The molecule has 0 spiro atoms. The Labute approximate surface area is 142 Å². The van der Waals surface area contributed by atoms with Crippen molar-refractivity contribution in [3.8, 4) is 5.75 Å². The molecule has 1 fully saturated rings. The number of piperazine rings is 1. The molecule has 0 atom stereocenters. The molecule has 24 heavy (non-hydrogen) atoms. The van der Waals surface area contributed by atoms with Crippen molar-refractivity contribution in [1.29, 1.82) is 0 Å². The van der Waals surface area contributed by atoms with E-state index >= 15 is 0 Å². The first kappa shape index (κ1) is 16.1. The van der Waals surface area contributed by atoms with Crippen molar-refractivity contribution in [2.75, 3.05) is 44.2 Å². The summed E-state index contributed by atoms with van der Waals surface area (Å²) in [5, 5.41) is 2.91. The number of para-hydroxylation sites is 1. The van der Waals surface area contributed by atoms with E-state index in [1.807, 2.05) is 47.4 Å². The van der Waals surface area contributed by atoms with Gasteiger partial charge < -0.3 is 19.9 Å². The van der Waals surface area contributed by atoms with Crippen LogP contribution in [0.4, 0.5) is 10.5 Å². The molecule has 1 aliphatic heterocycles. The van der Waals surface area contributed by atoms with Crippen molar-refractivity contribution in [2.24, 2.45) is 0 Å². The summed E-state index contributed by atoms with van der Waals surface area (Å²) in [6, 6.07) is 13.6. The first-order valence-corrected chi connectivity index (χ1v) is 8.18. The van der Waals surface area contributed by atoms with Crippen LogP contribution in [0.1, 0.15) is 0 Å². The van der Waals surface area contributed by atoms with Crippen LogP contribution in [-0.4, -0.2) is 55.2 Å². The molecular formula is C18H22N4O2. The van der Waals surface area contributed by atoms with Crippen LogP contribution in [0.25, 0.3) is 0 Å². The number of benzene rings is 1. The lowest BCUT2D eigenvalue weighted by Gasteiger charge is -2.36. The highest BCUT2D eigenvalue weighted by atomic mass is 16.5. The fourth-order valence-electron chi connectivity index (χ4n) is 2.68. The fourth-order valence-corrected chi connectivity index (χ4v) is 2.68. The van der Waals surface area contributed by atoms with Gasteiger partial charge in [-0.05, 0) is 24.3 Å². The number of urea groups is 1. The van der Waals surface area contributed by atoms with E-state index in [9.17, 15) is 4.79 Å². The lowest BCUT2D eigenvalue weighted by Crippen LogP contribution is -2.52. The summed E-state index contributed by atoms with van der Waals surface area (Å²) in [6.07, 6.45) is 3.59. The Morgan fingerprint density at radius 3 is 2.46 bits per heavy atom. The van der Waals surface area contributed by atoms with Crippen LogP contribution in [0.5, 0.6) is 5.75 Å². The lowest BCUT2D eigenvalue weighted by atomic mass is 10.3. The van der Waals surface area contributed by atoms with Crippen LogP contribution in [0, 0.1) is 0 Å². The Hall–Kier alpha value is -2.76. The molecule has 2 heterocycles. The van der Waals surface area contributed by atoms with Crippen LogP contribution >= 0.6 is 0 Å². The quantitative estimate of drug-likeness (QED) is 0.854. The van der Waals surface area contributed by atoms with Gasteiger partial charge in [0.25, 0.3) is 0 Å². The second kappa shape index (κ2) is 8.19. The van der Waals surface area contributed by atoms with Crippen molar-refractivity contribution in [1.82, 2.24) is 15.2 Å². The van der Waals surface area contributed by atoms with Gasteiger partial charge in [-0.15, -0.1) is 0 Å². The number of anilines is 1. The Morgan fingerprint density at radius 1 is 1.04 bits per heavy atom. The molecule has 2 amide bonds. The normalized spacial score (nSPS) is 14.3. The molecule has 1 aromatic carbocycles. The average Bonchev–Trinajstić information content (AvgIpc) is 2.67. The molecule has 3 rings (SSSR count). The van der Waals surface area contributed by atoms with E-state index in [1.54, 1.807) is 12.4 Å². The molecular weight excluding hydrogens is 304 g/mol. The number of aromatic nitrogens is 1. The molecule has 6 nitrogen and oxygen atoms in total. The number of hydrogen-bond donors (Lipinski definition) is 1. The van der Waals surface area contributed by atoms with Gasteiger partial charge in [-0.1, -0.05) is 18.2 Å². The Kier molecular flexibility index (Phi) is 5.50. The van der Waals surface area contributed by atoms with E-state index < -0.39 is 0 Å². The monoisotopic (exact) mass is 326 g/mol. The second-order valence-corrected chi connectivity index (χ2v) is 5.57. The maximum atomic E-state index is 12.2. The minimum atomic E-state index is -0.0268. The first-order chi connectivity index (χ1) is 11.8. The molecule has 0 bridgehead atoms. The third kappa shape index (κ3) is 4.38. The van der Waals surface area contributed by atoms with Crippen molar-refractivity contribution < 1.29 is 9.53 Å². The van der Waals surface area contributed by atoms with Gasteiger partial charge in [0.05, 0.1) is 6.54 Å². The summed E-state index contributed by atoms with van der Waals surface area (Å²) in [4.78, 5) is 20.3. The Balaban J connectivity index is 1.36. The first-order valence-electron chi connectivity index (χ1n) is 8.18. The molecule has 0 unspecified atom stereocenters. The number of nitrogens with zero attached hydrogens (tertiary/aromatic N) is 3. The number of pyridine rings is 1. The molecule has 0 saturated carbocycles. The van der Waals surface area contributed by atoms with E-state index in [0.717, 1.165) is 24.5 Å². The van der Waals surface area contributed by atoms with Crippen LogP contribution in [0.3, 0.4) is 0 Å². The smallest absolute Gasteiger partial charge is 0.317 e. The minimum absolute atomic E-state index is 0.0268. The number of carbonyl (C=O) groups excluding carboxylic acids is 1. The molecule has 126 valence electrons. The summed E-state index contributed by atoms with van der Waals surface area (Å²) in [5.74, 6) is 0.817. The van der Waals surface area contributed by atoms with E-state index in [-0.39, 0.29) is 6.03 Å². The van der Waals surface area contributed by atoms with Gasteiger partial charge in [0.1, 0.15) is 12.4 Å². The van der Waals surface area contributed by atoms with Crippen molar-refractivity contribution in [3.63, 3.8) is 0 Å². The van der Waals surface area contributed by atoms with Crippen molar-refractivity contribution in [3.05, 3.63) is 54.9 Å². The highest BCUT2D eigenvalue weighted by molar-refractivity contribution is 5.74. The number of carbonyl (C=O) groups is 1. The molecule has 1 saturated heterocycles. The van der Waals surface area contributed by atoms with Gasteiger partial charge in [0.2, 0.25) is 0 Å². The molecule has 0 radical (unpaired) electrons. The van der Waals surface area contributed by atoms with Gasteiger partial charge in [-0.2, -0.15) is 0 Å². The van der Waals surface area contributed by atoms with Gasteiger partial charge in [-0.25, -0.2) is 4.79 Å². The predicted molar refractivity (Wildman–Crippen MR) is 93.4 cm³/mol. The maximum absolute atomic E-state index is 12.2. The van der Waals surface area contributed by atoms with E-state index in [2.05, 4.69) is 15.2 Å². The zero-order valence-corrected chi connectivity index (χ0v) is 13.6. The summed E-state index contributed by atoms with van der Waals surface area (Å²) < 4.78 is 5.57. The van der Waals surface area contributed by atoms with Gasteiger partial charge in [0.15, 0.2) is 0 Å². The minimum Gasteiger partial charge on any atom is -0.492 e. The summed E-state index contributed by atoms with van der Waals surface area (Å²) in [7, 11) is 0. The third-order valence-electron chi connectivity index (χ3n) is 3.98. The molecule has 1 aromatic heterocycles. The largest absolute Gasteiger partial charge is 0.492 e. The van der Waals surface area contributed by atoms with E-state index in [0.29, 0.717) is 26.2 Å². The molecule has 0 aliphatic carbocycles. The third-order valence-corrected chi connectivity index (χ3v) is 3.98. The molecule has 1 N–H and O–H groups in total. The number of ether oxygens (including phenoxy) is 1. The van der Waals surface area contributed by atoms with Crippen LogP contribution in [-0.2, 0) is 0 Å². The SMILES string of the molecule is O=C(NCCOc1ccccc1)N1CCN(c2ccncc2)CC1. The summed E-state index contributed by atoms with van der Waals surface area (Å²) >= 11 is 0. The zero-order chi connectivity index (χ0) is 16.6. The average molecular weight is 326 g/mol. The van der Waals surface area contributed by atoms with Crippen molar-refractivity contribution >= 4 is 11.7 Å². The Morgan fingerprint density at radius 2 is 1.75 bits per heavy atom.